The molecule has 0 fully saturated rings. The normalized spacial score (nSPS) is 11.1. The van der Waals surface area contributed by atoms with E-state index in [1.807, 2.05) is 67.5 Å². The maximum absolute atomic E-state index is 13.1. The zero-order valence-electron chi connectivity index (χ0n) is 18.1. The van der Waals surface area contributed by atoms with Crippen LogP contribution >= 0.6 is 11.6 Å². The molecule has 33 heavy (non-hydrogen) atoms. The Morgan fingerprint density at radius 1 is 0.939 bits per heavy atom. The van der Waals surface area contributed by atoms with E-state index >= 15 is 0 Å². The summed E-state index contributed by atoms with van der Waals surface area (Å²) in [5.74, 6) is 0.843. The van der Waals surface area contributed by atoms with E-state index in [0.717, 1.165) is 33.6 Å². The third kappa shape index (κ3) is 3.96. The van der Waals surface area contributed by atoms with E-state index in [2.05, 4.69) is 20.2 Å². The molecular weight excluding hydrogens is 438 g/mol. The van der Waals surface area contributed by atoms with Crippen LogP contribution in [0.1, 0.15) is 5.56 Å². The quantitative estimate of drug-likeness (QED) is 0.399. The number of fused-ring (bicyclic) bond motifs is 1. The van der Waals surface area contributed by atoms with Crippen molar-refractivity contribution in [3.05, 3.63) is 94.4 Å². The highest BCUT2D eigenvalue weighted by Gasteiger charge is 2.19. The standard InChI is InChI=1S/C24H20ClN7O/c1-30(2)21-8-3-16(13-27-21)15-31-24(33)32-23(29-31)22(18-9-11-26-12-10-18)20(14-28-32)17-4-6-19(25)7-5-17/h3-14H,15H2,1-2H3. The highest BCUT2D eigenvalue weighted by molar-refractivity contribution is 6.30. The van der Waals surface area contributed by atoms with Gasteiger partial charge >= 0.3 is 5.69 Å². The van der Waals surface area contributed by atoms with Gasteiger partial charge in [-0.1, -0.05) is 29.8 Å². The number of anilines is 1. The number of halogens is 1. The van der Waals surface area contributed by atoms with Crippen molar-refractivity contribution in [2.45, 2.75) is 6.54 Å². The Morgan fingerprint density at radius 2 is 1.70 bits per heavy atom. The fraction of sp³-hybridized carbons (Fsp3) is 0.125. The number of benzene rings is 1. The van der Waals surface area contributed by atoms with Crippen molar-refractivity contribution in [1.82, 2.24) is 29.4 Å². The van der Waals surface area contributed by atoms with Crippen molar-refractivity contribution in [2.24, 2.45) is 0 Å². The summed E-state index contributed by atoms with van der Waals surface area (Å²) in [6.45, 7) is 0.287. The van der Waals surface area contributed by atoms with Crippen molar-refractivity contribution in [3.63, 3.8) is 0 Å². The predicted octanol–water partition coefficient (Wildman–Crippen LogP) is 3.78. The SMILES string of the molecule is CN(C)c1ccc(Cn2nc3c(-c4ccncc4)c(-c4ccc(Cl)cc4)cnn3c2=O)cn1. The molecule has 0 bridgehead atoms. The van der Waals surface area contributed by atoms with Crippen molar-refractivity contribution < 1.29 is 0 Å². The van der Waals surface area contributed by atoms with Gasteiger partial charge in [0.2, 0.25) is 0 Å². The van der Waals surface area contributed by atoms with Crippen molar-refractivity contribution >= 4 is 23.1 Å². The molecule has 8 nitrogen and oxygen atoms in total. The molecule has 0 aliphatic rings. The molecule has 0 saturated heterocycles. The van der Waals surface area contributed by atoms with Crippen LogP contribution in [0.4, 0.5) is 5.82 Å². The molecule has 1 aromatic carbocycles. The first-order valence-electron chi connectivity index (χ1n) is 10.3. The Bertz CT molecular complexity index is 1470. The summed E-state index contributed by atoms with van der Waals surface area (Å²) in [6.07, 6.45) is 6.87. The van der Waals surface area contributed by atoms with Gasteiger partial charge in [-0.05, 0) is 47.0 Å². The van der Waals surface area contributed by atoms with E-state index < -0.39 is 0 Å². The molecule has 0 saturated carbocycles. The number of aromatic nitrogens is 6. The second kappa shape index (κ2) is 8.48. The third-order valence-corrected chi connectivity index (χ3v) is 5.59. The minimum Gasteiger partial charge on any atom is -0.363 e. The first-order valence-corrected chi connectivity index (χ1v) is 10.7. The molecule has 5 aromatic rings. The Morgan fingerprint density at radius 3 is 2.36 bits per heavy atom. The molecule has 0 radical (unpaired) electrons. The molecule has 0 N–H and O–H groups in total. The number of hydrogen-bond donors (Lipinski definition) is 0. The average molecular weight is 458 g/mol. The zero-order chi connectivity index (χ0) is 22.9. The van der Waals surface area contributed by atoms with Crippen LogP contribution in [0.25, 0.3) is 27.9 Å². The van der Waals surface area contributed by atoms with Gasteiger partial charge in [-0.25, -0.2) is 14.5 Å². The van der Waals surface area contributed by atoms with E-state index in [1.165, 1.54) is 9.20 Å². The number of hydrogen-bond acceptors (Lipinski definition) is 6. The van der Waals surface area contributed by atoms with Gasteiger partial charge in [0.1, 0.15) is 5.82 Å². The van der Waals surface area contributed by atoms with Gasteiger partial charge in [0.05, 0.1) is 12.7 Å². The van der Waals surface area contributed by atoms with E-state index in [4.69, 9.17) is 11.6 Å². The van der Waals surface area contributed by atoms with E-state index in [9.17, 15) is 4.79 Å². The van der Waals surface area contributed by atoms with Gasteiger partial charge in [-0.3, -0.25) is 4.98 Å². The van der Waals surface area contributed by atoms with Crippen LogP contribution in [0.5, 0.6) is 0 Å². The van der Waals surface area contributed by atoms with Crippen LogP contribution < -0.4 is 10.6 Å². The topological polar surface area (TPSA) is 81.2 Å². The third-order valence-electron chi connectivity index (χ3n) is 5.34. The van der Waals surface area contributed by atoms with Gasteiger partial charge in [0.25, 0.3) is 0 Å². The zero-order valence-corrected chi connectivity index (χ0v) is 18.8. The van der Waals surface area contributed by atoms with E-state index in [0.29, 0.717) is 10.7 Å². The minimum atomic E-state index is -0.320. The molecule has 4 aromatic heterocycles. The molecule has 0 atom stereocenters. The van der Waals surface area contributed by atoms with Gasteiger partial charge in [0.15, 0.2) is 5.65 Å². The monoisotopic (exact) mass is 457 g/mol. The van der Waals surface area contributed by atoms with E-state index in [1.54, 1.807) is 24.8 Å². The number of nitrogens with zero attached hydrogens (tertiary/aromatic N) is 7. The molecule has 0 amide bonds. The highest BCUT2D eigenvalue weighted by Crippen LogP contribution is 2.34. The Kier molecular flexibility index (Phi) is 5.35. The predicted molar refractivity (Wildman–Crippen MR) is 129 cm³/mol. The Hall–Kier alpha value is -4.04. The van der Waals surface area contributed by atoms with Gasteiger partial charge in [-0.2, -0.15) is 9.61 Å². The maximum atomic E-state index is 13.1. The van der Waals surface area contributed by atoms with E-state index in [-0.39, 0.29) is 12.2 Å². The van der Waals surface area contributed by atoms with Gasteiger partial charge in [-0.15, -0.1) is 5.10 Å². The lowest BCUT2D eigenvalue weighted by Crippen LogP contribution is -2.23. The van der Waals surface area contributed by atoms with Crippen LogP contribution in [0.3, 0.4) is 0 Å². The molecule has 0 aliphatic carbocycles. The summed E-state index contributed by atoms with van der Waals surface area (Å²) in [7, 11) is 3.86. The molecule has 0 unspecified atom stereocenters. The van der Waals surface area contributed by atoms with Crippen LogP contribution in [-0.2, 0) is 6.54 Å². The summed E-state index contributed by atoms with van der Waals surface area (Å²) in [5, 5.41) is 9.73. The lowest BCUT2D eigenvalue weighted by atomic mass is 9.98. The first-order chi connectivity index (χ1) is 16.0. The largest absolute Gasteiger partial charge is 0.367 e. The second-order valence-corrected chi connectivity index (χ2v) is 8.21. The van der Waals surface area contributed by atoms with Crippen LogP contribution in [-0.4, -0.2) is 43.5 Å². The van der Waals surface area contributed by atoms with Crippen LogP contribution in [0.15, 0.2) is 78.1 Å². The molecule has 0 aliphatic heterocycles. The van der Waals surface area contributed by atoms with Crippen LogP contribution in [0, 0.1) is 0 Å². The Balaban J connectivity index is 1.67. The molecular formula is C24H20ClN7O. The van der Waals surface area contributed by atoms with Crippen molar-refractivity contribution in [2.75, 3.05) is 19.0 Å². The summed E-state index contributed by atoms with van der Waals surface area (Å²) in [4.78, 5) is 23.6. The number of pyridine rings is 2. The maximum Gasteiger partial charge on any atom is 0.367 e. The summed E-state index contributed by atoms with van der Waals surface area (Å²) in [5.41, 5.74) is 4.47. The molecule has 5 rings (SSSR count). The smallest absolute Gasteiger partial charge is 0.363 e. The highest BCUT2D eigenvalue weighted by atomic mass is 35.5. The summed E-state index contributed by atoms with van der Waals surface area (Å²) < 4.78 is 2.74. The van der Waals surface area contributed by atoms with Crippen LogP contribution in [0.2, 0.25) is 5.02 Å². The lowest BCUT2D eigenvalue weighted by Gasteiger charge is -2.11. The van der Waals surface area contributed by atoms with Crippen molar-refractivity contribution in [3.8, 4) is 22.3 Å². The average Bonchev–Trinajstić information content (AvgIpc) is 3.15. The van der Waals surface area contributed by atoms with Crippen molar-refractivity contribution in [1.29, 1.82) is 0 Å². The van der Waals surface area contributed by atoms with Gasteiger partial charge in [0, 0.05) is 48.8 Å². The molecule has 0 spiro atoms. The Labute approximate surface area is 194 Å². The summed E-state index contributed by atoms with van der Waals surface area (Å²) in [6, 6.07) is 15.1. The van der Waals surface area contributed by atoms with Gasteiger partial charge < -0.3 is 4.90 Å². The fourth-order valence-corrected chi connectivity index (χ4v) is 3.79. The first kappa shape index (κ1) is 20.8. The summed E-state index contributed by atoms with van der Waals surface area (Å²) >= 11 is 6.09. The minimum absolute atomic E-state index is 0.287. The molecule has 4 heterocycles. The molecule has 9 heteroatoms. The fourth-order valence-electron chi connectivity index (χ4n) is 3.66. The number of rotatable bonds is 5. The lowest BCUT2D eigenvalue weighted by molar-refractivity contribution is 0.649. The second-order valence-electron chi connectivity index (χ2n) is 7.77. The molecule has 164 valence electrons.